The third kappa shape index (κ3) is 4.05. The molecule has 1 saturated heterocycles. The van der Waals surface area contributed by atoms with E-state index in [0.717, 1.165) is 18.8 Å². The number of halogens is 1. The van der Waals surface area contributed by atoms with Gasteiger partial charge >= 0.3 is 0 Å². The zero-order valence-electron chi connectivity index (χ0n) is 15.4. The van der Waals surface area contributed by atoms with Crippen molar-refractivity contribution in [2.45, 2.75) is 24.9 Å². The van der Waals surface area contributed by atoms with Crippen molar-refractivity contribution in [2.24, 2.45) is 0 Å². The number of likely N-dealkylation sites (tertiary alicyclic amines) is 1. The molecule has 0 bridgehead atoms. The number of para-hydroxylation sites is 1. The molecule has 1 heterocycles. The molecule has 0 aromatic heterocycles. The number of nitrogens with one attached hydrogen (secondary N) is 1. The van der Waals surface area contributed by atoms with E-state index >= 15 is 0 Å². The van der Waals surface area contributed by atoms with Crippen molar-refractivity contribution >= 4 is 11.6 Å². The van der Waals surface area contributed by atoms with Crippen molar-refractivity contribution in [2.75, 3.05) is 32.5 Å². The molecule has 138 valence electrons. The number of anilines is 1. The minimum Gasteiger partial charge on any atom is -0.371 e. The maximum atomic E-state index is 13.9. The van der Waals surface area contributed by atoms with Crippen LogP contribution in [0, 0.1) is 5.82 Å². The molecule has 0 unspecified atom stereocenters. The van der Waals surface area contributed by atoms with Gasteiger partial charge < -0.3 is 10.2 Å². The second-order valence-corrected chi connectivity index (χ2v) is 7.14. The third-order valence-electron chi connectivity index (χ3n) is 5.03. The van der Waals surface area contributed by atoms with Crippen LogP contribution in [0.15, 0.2) is 54.6 Å². The lowest BCUT2D eigenvalue weighted by atomic mass is 9.85. The molecule has 0 saturated carbocycles. The fourth-order valence-corrected chi connectivity index (χ4v) is 3.58. The standard InChI is InChI=1S/C21H26FN3O/c1-24(2)20(26)21(23-18-9-4-3-5-10-18)12-14-25(15-13-21)16-17-8-6-7-11-19(17)22/h3-11,23H,12-16H2,1-2H3. The summed E-state index contributed by atoms with van der Waals surface area (Å²) in [6.45, 7) is 2.06. The molecule has 1 aliphatic rings. The molecule has 1 aliphatic heterocycles. The number of hydrogen-bond donors (Lipinski definition) is 1. The molecule has 4 nitrogen and oxygen atoms in total. The summed E-state index contributed by atoms with van der Waals surface area (Å²) in [5.74, 6) is -0.0805. The van der Waals surface area contributed by atoms with Gasteiger partial charge in [0.2, 0.25) is 5.91 Å². The minimum atomic E-state index is -0.614. The van der Waals surface area contributed by atoms with Crippen LogP contribution in [-0.4, -0.2) is 48.4 Å². The van der Waals surface area contributed by atoms with Gasteiger partial charge in [0.1, 0.15) is 11.4 Å². The van der Waals surface area contributed by atoms with Crippen molar-refractivity contribution in [3.05, 3.63) is 66.0 Å². The topological polar surface area (TPSA) is 35.6 Å². The fourth-order valence-electron chi connectivity index (χ4n) is 3.58. The maximum Gasteiger partial charge on any atom is 0.247 e. The predicted molar refractivity (Wildman–Crippen MR) is 102 cm³/mol. The van der Waals surface area contributed by atoms with Crippen LogP contribution < -0.4 is 5.32 Å². The summed E-state index contributed by atoms with van der Waals surface area (Å²) in [7, 11) is 3.59. The van der Waals surface area contributed by atoms with Crippen molar-refractivity contribution < 1.29 is 9.18 Å². The molecule has 0 radical (unpaired) electrons. The molecular weight excluding hydrogens is 329 g/mol. The van der Waals surface area contributed by atoms with Crippen LogP contribution in [-0.2, 0) is 11.3 Å². The van der Waals surface area contributed by atoms with E-state index in [-0.39, 0.29) is 11.7 Å². The second-order valence-electron chi connectivity index (χ2n) is 7.14. The van der Waals surface area contributed by atoms with Crippen LogP contribution >= 0.6 is 0 Å². The molecular formula is C21H26FN3O. The zero-order chi connectivity index (χ0) is 18.6. The van der Waals surface area contributed by atoms with E-state index in [0.29, 0.717) is 24.9 Å². The number of carbonyl (C=O) groups excluding carboxylic acids is 1. The summed E-state index contributed by atoms with van der Waals surface area (Å²) in [4.78, 5) is 16.8. The van der Waals surface area contributed by atoms with Gasteiger partial charge in [0, 0.05) is 45.0 Å². The summed E-state index contributed by atoms with van der Waals surface area (Å²) in [6.07, 6.45) is 1.38. The Labute approximate surface area is 154 Å². The highest BCUT2D eigenvalue weighted by Gasteiger charge is 2.42. The first-order chi connectivity index (χ1) is 12.5. The predicted octanol–water partition coefficient (Wildman–Crippen LogP) is 3.36. The first-order valence-corrected chi connectivity index (χ1v) is 9.01. The molecule has 26 heavy (non-hydrogen) atoms. The van der Waals surface area contributed by atoms with Gasteiger partial charge in [-0.25, -0.2) is 4.39 Å². The lowest BCUT2D eigenvalue weighted by Gasteiger charge is -2.43. The Hall–Kier alpha value is -2.40. The molecule has 0 spiro atoms. The first kappa shape index (κ1) is 18.4. The molecule has 2 aromatic rings. The van der Waals surface area contributed by atoms with E-state index in [4.69, 9.17) is 0 Å². The Balaban J connectivity index is 1.72. The molecule has 0 aliphatic carbocycles. The van der Waals surface area contributed by atoms with Crippen LogP contribution in [0.1, 0.15) is 18.4 Å². The highest BCUT2D eigenvalue weighted by molar-refractivity contribution is 5.89. The summed E-state index contributed by atoms with van der Waals surface area (Å²) >= 11 is 0. The van der Waals surface area contributed by atoms with E-state index in [1.54, 1.807) is 25.1 Å². The quantitative estimate of drug-likeness (QED) is 0.893. The highest BCUT2D eigenvalue weighted by atomic mass is 19.1. The number of likely N-dealkylation sites (N-methyl/N-ethyl adjacent to an activating group) is 1. The van der Waals surface area contributed by atoms with Crippen molar-refractivity contribution in [3.63, 3.8) is 0 Å². The number of amides is 1. The molecule has 0 atom stereocenters. The van der Waals surface area contributed by atoms with Crippen LogP contribution in [0.3, 0.4) is 0 Å². The van der Waals surface area contributed by atoms with E-state index in [2.05, 4.69) is 10.2 Å². The Bertz CT molecular complexity index is 740. The van der Waals surface area contributed by atoms with Gasteiger partial charge in [-0.1, -0.05) is 36.4 Å². The van der Waals surface area contributed by atoms with Crippen LogP contribution in [0.4, 0.5) is 10.1 Å². The van der Waals surface area contributed by atoms with Gasteiger partial charge in [-0.05, 0) is 31.0 Å². The molecule has 5 heteroatoms. The monoisotopic (exact) mass is 355 g/mol. The van der Waals surface area contributed by atoms with Crippen molar-refractivity contribution in [3.8, 4) is 0 Å². The van der Waals surface area contributed by atoms with Crippen LogP contribution in [0.25, 0.3) is 0 Å². The average molecular weight is 355 g/mol. The number of nitrogens with zero attached hydrogens (tertiary/aromatic N) is 2. The highest BCUT2D eigenvalue weighted by Crippen LogP contribution is 2.29. The molecule has 3 rings (SSSR count). The number of piperidine rings is 1. The van der Waals surface area contributed by atoms with Crippen LogP contribution in [0.5, 0.6) is 0 Å². The summed E-state index contributed by atoms with van der Waals surface area (Å²) in [5.41, 5.74) is 1.04. The average Bonchev–Trinajstić information content (AvgIpc) is 2.65. The third-order valence-corrected chi connectivity index (χ3v) is 5.03. The van der Waals surface area contributed by atoms with E-state index < -0.39 is 5.54 Å². The normalized spacial score (nSPS) is 16.9. The van der Waals surface area contributed by atoms with Gasteiger partial charge in [0.15, 0.2) is 0 Å². The number of rotatable bonds is 5. The minimum absolute atomic E-state index is 0.0897. The maximum absolute atomic E-state index is 13.9. The number of carbonyl (C=O) groups is 1. The summed E-state index contributed by atoms with van der Waals surface area (Å²) in [6, 6.07) is 16.7. The van der Waals surface area contributed by atoms with E-state index in [1.165, 1.54) is 6.07 Å². The van der Waals surface area contributed by atoms with Gasteiger partial charge in [-0.2, -0.15) is 0 Å². The van der Waals surface area contributed by atoms with Crippen LogP contribution in [0.2, 0.25) is 0 Å². The van der Waals surface area contributed by atoms with Crippen molar-refractivity contribution in [1.82, 2.24) is 9.80 Å². The number of hydrogen-bond acceptors (Lipinski definition) is 3. The fraction of sp³-hybridized carbons (Fsp3) is 0.381. The largest absolute Gasteiger partial charge is 0.371 e. The Morgan fingerprint density at radius 2 is 1.69 bits per heavy atom. The molecule has 1 N–H and O–H groups in total. The summed E-state index contributed by atoms with van der Waals surface area (Å²) in [5, 5.41) is 3.48. The first-order valence-electron chi connectivity index (χ1n) is 9.01. The van der Waals surface area contributed by atoms with Gasteiger partial charge in [-0.15, -0.1) is 0 Å². The van der Waals surface area contributed by atoms with E-state index in [1.807, 2.05) is 42.5 Å². The lowest BCUT2D eigenvalue weighted by molar-refractivity contribution is -0.135. The molecule has 2 aromatic carbocycles. The summed E-state index contributed by atoms with van der Waals surface area (Å²) < 4.78 is 13.9. The van der Waals surface area contributed by atoms with E-state index in [9.17, 15) is 9.18 Å². The zero-order valence-corrected chi connectivity index (χ0v) is 15.4. The van der Waals surface area contributed by atoms with Gasteiger partial charge in [0.25, 0.3) is 0 Å². The lowest BCUT2D eigenvalue weighted by Crippen LogP contribution is -2.57. The Kier molecular flexibility index (Phi) is 5.57. The number of benzene rings is 2. The smallest absolute Gasteiger partial charge is 0.247 e. The van der Waals surface area contributed by atoms with Gasteiger partial charge in [-0.3, -0.25) is 9.69 Å². The molecule has 1 amide bonds. The van der Waals surface area contributed by atoms with Crippen molar-refractivity contribution in [1.29, 1.82) is 0 Å². The molecule has 1 fully saturated rings. The Morgan fingerprint density at radius 1 is 1.08 bits per heavy atom. The SMILES string of the molecule is CN(C)C(=O)C1(Nc2ccccc2)CCN(Cc2ccccc2F)CC1. The Morgan fingerprint density at radius 3 is 2.31 bits per heavy atom. The second kappa shape index (κ2) is 7.87. The van der Waals surface area contributed by atoms with Gasteiger partial charge in [0.05, 0.1) is 0 Å².